The standard InChI is InChI=1S/C22H20N4O4/c1-13(24-30)15-7-9-17(10-8-15)26-21(28)19(23-22(26)29)11-16-12-25(14(2)27)20-6-4-3-5-18(16)20/h3-10,12,19,30H,11H2,1-2H3,(H,23,29)/b24-13+. The molecule has 152 valence electrons. The lowest BCUT2D eigenvalue weighted by Gasteiger charge is -2.13. The first-order valence-electron chi connectivity index (χ1n) is 9.44. The Bertz CT molecular complexity index is 1190. The third kappa shape index (κ3) is 3.22. The summed E-state index contributed by atoms with van der Waals surface area (Å²) in [5.41, 5.74) is 3.12. The minimum atomic E-state index is -0.732. The zero-order valence-electron chi connectivity index (χ0n) is 16.5. The molecule has 4 rings (SSSR count). The minimum absolute atomic E-state index is 0.123. The minimum Gasteiger partial charge on any atom is -0.411 e. The molecule has 1 saturated heterocycles. The van der Waals surface area contributed by atoms with E-state index in [1.54, 1.807) is 42.0 Å². The molecule has 2 aromatic carbocycles. The van der Waals surface area contributed by atoms with Gasteiger partial charge in [0.05, 0.1) is 16.9 Å². The SMILES string of the molecule is CC(=O)n1cc(CC2NC(=O)N(c3ccc(/C(C)=N/O)cc3)C2=O)c2ccccc21. The number of imide groups is 1. The van der Waals surface area contributed by atoms with Crippen molar-refractivity contribution in [2.45, 2.75) is 26.3 Å². The van der Waals surface area contributed by atoms with Crippen LogP contribution in [0.15, 0.2) is 59.9 Å². The third-order valence-electron chi connectivity index (χ3n) is 5.27. The number of hydrogen-bond donors (Lipinski definition) is 2. The van der Waals surface area contributed by atoms with Crippen molar-refractivity contribution in [3.8, 4) is 0 Å². The zero-order chi connectivity index (χ0) is 21.4. The van der Waals surface area contributed by atoms with Crippen molar-refractivity contribution in [3.63, 3.8) is 0 Å². The van der Waals surface area contributed by atoms with Crippen molar-refractivity contribution in [1.29, 1.82) is 0 Å². The van der Waals surface area contributed by atoms with E-state index in [-0.39, 0.29) is 18.2 Å². The second-order valence-electron chi connectivity index (χ2n) is 7.17. The number of fused-ring (bicyclic) bond motifs is 1. The van der Waals surface area contributed by atoms with Gasteiger partial charge < -0.3 is 10.5 Å². The van der Waals surface area contributed by atoms with Crippen molar-refractivity contribution in [2.24, 2.45) is 5.16 Å². The fourth-order valence-corrected chi connectivity index (χ4v) is 3.72. The van der Waals surface area contributed by atoms with Crippen LogP contribution in [-0.4, -0.2) is 39.4 Å². The third-order valence-corrected chi connectivity index (χ3v) is 5.27. The Kier molecular flexibility index (Phi) is 4.83. The van der Waals surface area contributed by atoms with Gasteiger partial charge in [-0.05, 0) is 36.2 Å². The van der Waals surface area contributed by atoms with Crippen molar-refractivity contribution >= 4 is 40.1 Å². The first kappa shape index (κ1) is 19.4. The van der Waals surface area contributed by atoms with Gasteiger partial charge in [0.15, 0.2) is 0 Å². The van der Waals surface area contributed by atoms with Crippen LogP contribution >= 0.6 is 0 Å². The Morgan fingerprint density at radius 2 is 1.80 bits per heavy atom. The van der Waals surface area contributed by atoms with E-state index in [0.29, 0.717) is 17.0 Å². The molecular weight excluding hydrogens is 384 g/mol. The van der Waals surface area contributed by atoms with Crippen molar-refractivity contribution < 1.29 is 19.6 Å². The Balaban J connectivity index is 1.61. The number of carbonyl (C=O) groups excluding carboxylic acids is 3. The fourth-order valence-electron chi connectivity index (χ4n) is 3.72. The van der Waals surface area contributed by atoms with Gasteiger partial charge in [0.2, 0.25) is 5.91 Å². The topological polar surface area (TPSA) is 104 Å². The maximum Gasteiger partial charge on any atom is 0.329 e. The largest absolute Gasteiger partial charge is 0.411 e. The first-order chi connectivity index (χ1) is 14.4. The monoisotopic (exact) mass is 404 g/mol. The molecule has 8 nitrogen and oxygen atoms in total. The molecule has 0 bridgehead atoms. The molecule has 0 saturated carbocycles. The summed E-state index contributed by atoms with van der Waals surface area (Å²) in [6.07, 6.45) is 2.00. The molecule has 1 unspecified atom stereocenters. The Labute approximate surface area is 172 Å². The number of hydrogen-bond acceptors (Lipinski definition) is 5. The molecule has 1 aromatic heterocycles. The van der Waals surface area contributed by atoms with Gasteiger partial charge in [-0.15, -0.1) is 0 Å². The van der Waals surface area contributed by atoms with Crippen LogP contribution in [0.2, 0.25) is 0 Å². The summed E-state index contributed by atoms with van der Waals surface area (Å²) in [7, 11) is 0. The van der Waals surface area contributed by atoms with Gasteiger partial charge in [-0.3, -0.25) is 14.2 Å². The highest BCUT2D eigenvalue weighted by Gasteiger charge is 2.39. The van der Waals surface area contributed by atoms with E-state index < -0.39 is 12.1 Å². The van der Waals surface area contributed by atoms with Gasteiger partial charge in [-0.2, -0.15) is 0 Å². The van der Waals surface area contributed by atoms with Crippen molar-refractivity contribution in [2.75, 3.05) is 4.90 Å². The summed E-state index contributed by atoms with van der Waals surface area (Å²) in [5.74, 6) is -0.484. The Morgan fingerprint density at radius 1 is 1.10 bits per heavy atom. The average Bonchev–Trinajstić information content (AvgIpc) is 3.25. The maximum absolute atomic E-state index is 13.0. The molecule has 3 aromatic rings. The number of amides is 3. The average molecular weight is 404 g/mol. The molecule has 1 aliphatic rings. The van der Waals surface area contributed by atoms with Crippen LogP contribution in [0.25, 0.3) is 10.9 Å². The van der Waals surface area contributed by atoms with Crippen molar-refractivity contribution in [1.82, 2.24) is 9.88 Å². The van der Waals surface area contributed by atoms with E-state index in [0.717, 1.165) is 21.4 Å². The van der Waals surface area contributed by atoms with Gasteiger partial charge in [0.1, 0.15) is 6.04 Å². The summed E-state index contributed by atoms with van der Waals surface area (Å²) in [6, 6.07) is 12.9. The van der Waals surface area contributed by atoms with Crippen LogP contribution in [0.1, 0.15) is 29.8 Å². The van der Waals surface area contributed by atoms with Crippen LogP contribution in [0.5, 0.6) is 0 Å². The summed E-state index contributed by atoms with van der Waals surface area (Å²) < 4.78 is 1.55. The molecule has 1 fully saturated rings. The van der Waals surface area contributed by atoms with E-state index in [1.165, 1.54) is 6.92 Å². The second kappa shape index (κ2) is 7.47. The van der Waals surface area contributed by atoms with Crippen molar-refractivity contribution in [3.05, 3.63) is 65.9 Å². The summed E-state index contributed by atoms with van der Waals surface area (Å²) >= 11 is 0. The molecule has 1 aliphatic heterocycles. The number of aromatic nitrogens is 1. The maximum atomic E-state index is 13.0. The number of benzene rings is 2. The quantitative estimate of drug-likeness (QED) is 0.302. The molecule has 2 heterocycles. The molecule has 1 atom stereocenters. The van der Waals surface area contributed by atoms with Crippen LogP contribution in [-0.2, 0) is 11.2 Å². The molecule has 30 heavy (non-hydrogen) atoms. The number of rotatable bonds is 4. The summed E-state index contributed by atoms with van der Waals surface area (Å²) in [4.78, 5) is 38.5. The number of nitrogens with zero attached hydrogens (tertiary/aromatic N) is 3. The first-order valence-corrected chi connectivity index (χ1v) is 9.44. The van der Waals surface area contributed by atoms with Gasteiger partial charge in [-0.25, -0.2) is 9.69 Å². The number of urea groups is 1. The van der Waals surface area contributed by atoms with Crippen LogP contribution in [0.3, 0.4) is 0 Å². The molecule has 0 spiro atoms. The molecule has 0 radical (unpaired) electrons. The predicted molar refractivity (Wildman–Crippen MR) is 112 cm³/mol. The molecule has 0 aliphatic carbocycles. The number of para-hydroxylation sites is 1. The highest BCUT2D eigenvalue weighted by atomic mass is 16.4. The van der Waals surface area contributed by atoms with Crippen LogP contribution < -0.4 is 10.2 Å². The van der Waals surface area contributed by atoms with Gasteiger partial charge in [-0.1, -0.05) is 35.5 Å². The lowest BCUT2D eigenvalue weighted by molar-refractivity contribution is -0.118. The molecule has 8 heteroatoms. The number of anilines is 1. The van der Waals surface area contributed by atoms with E-state index in [4.69, 9.17) is 5.21 Å². The van der Waals surface area contributed by atoms with E-state index >= 15 is 0 Å². The van der Waals surface area contributed by atoms with E-state index in [9.17, 15) is 14.4 Å². The van der Waals surface area contributed by atoms with Gasteiger partial charge in [0, 0.05) is 24.9 Å². The lowest BCUT2D eigenvalue weighted by Crippen LogP contribution is -2.32. The zero-order valence-corrected chi connectivity index (χ0v) is 16.5. The number of carbonyl (C=O) groups is 3. The smallest absolute Gasteiger partial charge is 0.329 e. The number of nitrogens with one attached hydrogen (secondary N) is 1. The van der Waals surface area contributed by atoms with Gasteiger partial charge in [0.25, 0.3) is 5.91 Å². The highest BCUT2D eigenvalue weighted by molar-refractivity contribution is 6.21. The van der Waals surface area contributed by atoms with Crippen LogP contribution in [0.4, 0.5) is 10.5 Å². The molecule has 2 N–H and O–H groups in total. The fraction of sp³-hybridized carbons (Fsp3) is 0.182. The van der Waals surface area contributed by atoms with E-state index in [2.05, 4.69) is 10.5 Å². The summed E-state index contributed by atoms with van der Waals surface area (Å²) in [6.45, 7) is 3.13. The van der Waals surface area contributed by atoms with Gasteiger partial charge >= 0.3 is 6.03 Å². The molecular formula is C22H20N4O4. The molecule has 3 amide bonds. The summed E-state index contributed by atoms with van der Waals surface area (Å²) in [5, 5.41) is 15.6. The van der Waals surface area contributed by atoms with Crippen LogP contribution in [0, 0.1) is 0 Å². The highest BCUT2D eigenvalue weighted by Crippen LogP contribution is 2.26. The van der Waals surface area contributed by atoms with E-state index in [1.807, 2.05) is 24.3 Å². The Hall–Kier alpha value is -3.94. The lowest BCUT2D eigenvalue weighted by atomic mass is 10.0. The number of oxime groups is 1. The normalized spacial score (nSPS) is 16.9. The second-order valence-corrected chi connectivity index (χ2v) is 7.17. The predicted octanol–water partition coefficient (Wildman–Crippen LogP) is 3.17. The Morgan fingerprint density at radius 3 is 2.47 bits per heavy atom.